The van der Waals surface area contributed by atoms with E-state index in [-0.39, 0.29) is 6.54 Å². The van der Waals surface area contributed by atoms with Crippen molar-refractivity contribution in [2.45, 2.75) is 13.5 Å². The van der Waals surface area contributed by atoms with Gasteiger partial charge in [-0.15, -0.1) is 0 Å². The molecule has 20 heavy (non-hydrogen) atoms. The maximum atomic E-state index is 11.1. The van der Waals surface area contributed by atoms with Gasteiger partial charge < -0.3 is 10.0 Å². The zero-order valence-corrected chi connectivity index (χ0v) is 12.8. The molecular formula is C16H16BrNO2. The molecule has 0 bridgehead atoms. The number of carbonyl (C=O) groups is 1. The fourth-order valence-electron chi connectivity index (χ4n) is 1.99. The first-order valence-electron chi connectivity index (χ1n) is 6.33. The molecule has 0 radical (unpaired) electrons. The molecule has 0 saturated heterocycles. The van der Waals surface area contributed by atoms with Gasteiger partial charge in [0.25, 0.3) is 0 Å². The van der Waals surface area contributed by atoms with Crippen LogP contribution in [-0.2, 0) is 11.3 Å². The molecule has 0 heterocycles. The van der Waals surface area contributed by atoms with Gasteiger partial charge in [0.05, 0.1) is 0 Å². The topological polar surface area (TPSA) is 40.5 Å². The van der Waals surface area contributed by atoms with Crippen LogP contribution >= 0.6 is 15.9 Å². The van der Waals surface area contributed by atoms with Crippen LogP contribution in [0.15, 0.2) is 53.0 Å². The molecule has 0 spiro atoms. The van der Waals surface area contributed by atoms with Crippen LogP contribution in [0.25, 0.3) is 0 Å². The van der Waals surface area contributed by atoms with Gasteiger partial charge in [0, 0.05) is 16.7 Å². The Hall–Kier alpha value is -1.81. The standard InChI is InChI=1S/C16H16BrNO2/c1-12-6-8-14(9-7-12)18(11-16(19)20)10-13-4-2-3-5-15(13)17/h2-9H,10-11H2,1H3,(H,19,20). The average Bonchev–Trinajstić information content (AvgIpc) is 2.41. The Morgan fingerprint density at radius 1 is 1.15 bits per heavy atom. The summed E-state index contributed by atoms with van der Waals surface area (Å²) in [6.07, 6.45) is 0. The fraction of sp³-hybridized carbons (Fsp3) is 0.188. The predicted molar refractivity (Wildman–Crippen MR) is 84.0 cm³/mol. The summed E-state index contributed by atoms with van der Waals surface area (Å²) in [6.45, 7) is 2.54. The lowest BCUT2D eigenvalue weighted by atomic mass is 10.1. The summed E-state index contributed by atoms with van der Waals surface area (Å²) in [5.41, 5.74) is 3.13. The molecule has 2 aromatic rings. The van der Waals surface area contributed by atoms with Gasteiger partial charge in [-0.1, -0.05) is 51.8 Å². The smallest absolute Gasteiger partial charge is 0.323 e. The van der Waals surface area contributed by atoms with E-state index in [1.54, 1.807) is 0 Å². The third-order valence-electron chi connectivity index (χ3n) is 3.04. The number of hydrogen-bond donors (Lipinski definition) is 1. The lowest BCUT2D eigenvalue weighted by molar-refractivity contribution is -0.135. The van der Waals surface area contributed by atoms with E-state index in [1.807, 2.05) is 60.4 Å². The highest BCUT2D eigenvalue weighted by Gasteiger charge is 2.12. The molecule has 0 aliphatic carbocycles. The van der Waals surface area contributed by atoms with Crippen LogP contribution in [0.5, 0.6) is 0 Å². The van der Waals surface area contributed by atoms with E-state index in [1.165, 1.54) is 0 Å². The van der Waals surface area contributed by atoms with Crippen LogP contribution in [-0.4, -0.2) is 17.6 Å². The maximum absolute atomic E-state index is 11.1. The van der Waals surface area contributed by atoms with E-state index in [4.69, 9.17) is 5.11 Å². The van der Waals surface area contributed by atoms with Crippen molar-refractivity contribution in [1.82, 2.24) is 0 Å². The van der Waals surface area contributed by atoms with Gasteiger partial charge >= 0.3 is 5.97 Å². The Morgan fingerprint density at radius 3 is 2.40 bits per heavy atom. The summed E-state index contributed by atoms with van der Waals surface area (Å²) < 4.78 is 0.988. The number of aliphatic carboxylic acids is 1. The average molecular weight is 334 g/mol. The Morgan fingerprint density at radius 2 is 1.80 bits per heavy atom. The zero-order chi connectivity index (χ0) is 14.5. The minimum absolute atomic E-state index is 0.0234. The van der Waals surface area contributed by atoms with E-state index in [0.717, 1.165) is 21.3 Å². The highest BCUT2D eigenvalue weighted by Crippen LogP contribution is 2.22. The zero-order valence-electron chi connectivity index (χ0n) is 11.2. The largest absolute Gasteiger partial charge is 0.480 e. The molecule has 0 aliphatic rings. The van der Waals surface area contributed by atoms with E-state index in [9.17, 15) is 4.79 Å². The van der Waals surface area contributed by atoms with Crippen molar-refractivity contribution in [3.05, 3.63) is 64.1 Å². The number of benzene rings is 2. The van der Waals surface area contributed by atoms with Crippen molar-refractivity contribution in [1.29, 1.82) is 0 Å². The molecule has 0 fully saturated rings. The minimum atomic E-state index is -0.836. The molecule has 0 saturated carbocycles. The van der Waals surface area contributed by atoms with E-state index in [2.05, 4.69) is 15.9 Å². The molecule has 1 N–H and O–H groups in total. The van der Waals surface area contributed by atoms with Gasteiger partial charge in [-0.05, 0) is 30.7 Å². The number of carboxylic acids is 1. The third kappa shape index (κ3) is 3.84. The number of rotatable bonds is 5. The van der Waals surface area contributed by atoms with Gasteiger partial charge in [-0.25, -0.2) is 0 Å². The van der Waals surface area contributed by atoms with Crippen molar-refractivity contribution >= 4 is 27.6 Å². The molecule has 104 valence electrons. The first-order valence-corrected chi connectivity index (χ1v) is 7.12. The van der Waals surface area contributed by atoms with E-state index in [0.29, 0.717) is 6.54 Å². The lowest BCUT2D eigenvalue weighted by Gasteiger charge is -2.23. The van der Waals surface area contributed by atoms with Crippen LogP contribution < -0.4 is 4.90 Å². The molecule has 0 aromatic heterocycles. The van der Waals surface area contributed by atoms with Crippen LogP contribution in [0.2, 0.25) is 0 Å². The molecule has 0 unspecified atom stereocenters. The molecule has 0 amide bonds. The van der Waals surface area contributed by atoms with Crippen molar-refractivity contribution in [3.8, 4) is 0 Å². The van der Waals surface area contributed by atoms with Gasteiger partial charge in [-0.2, -0.15) is 0 Å². The normalized spacial score (nSPS) is 10.3. The number of halogens is 1. The summed E-state index contributed by atoms with van der Waals surface area (Å²) in [6, 6.07) is 15.7. The van der Waals surface area contributed by atoms with Crippen molar-refractivity contribution in [2.24, 2.45) is 0 Å². The highest BCUT2D eigenvalue weighted by molar-refractivity contribution is 9.10. The van der Waals surface area contributed by atoms with Crippen LogP contribution in [0.1, 0.15) is 11.1 Å². The quantitative estimate of drug-likeness (QED) is 0.903. The summed E-state index contributed by atoms with van der Waals surface area (Å²) in [5, 5.41) is 9.09. The van der Waals surface area contributed by atoms with Gasteiger partial charge in [0.15, 0.2) is 0 Å². The number of aryl methyl sites for hydroxylation is 1. The maximum Gasteiger partial charge on any atom is 0.323 e. The van der Waals surface area contributed by atoms with Crippen molar-refractivity contribution < 1.29 is 9.90 Å². The Bertz CT molecular complexity index is 596. The Kier molecular flexibility index (Phi) is 4.79. The van der Waals surface area contributed by atoms with E-state index >= 15 is 0 Å². The summed E-state index contributed by atoms with van der Waals surface area (Å²) in [4.78, 5) is 12.9. The van der Waals surface area contributed by atoms with Crippen molar-refractivity contribution in [3.63, 3.8) is 0 Å². The first-order chi connectivity index (χ1) is 9.56. The molecule has 2 aromatic carbocycles. The number of carboxylic acid groups (broad SMARTS) is 1. The van der Waals surface area contributed by atoms with Gasteiger partial charge in [-0.3, -0.25) is 4.79 Å². The van der Waals surface area contributed by atoms with E-state index < -0.39 is 5.97 Å². The number of anilines is 1. The van der Waals surface area contributed by atoms with Crippen LogP contribution in [0.4, 0.5) is 5.69 Å². The number of hydrogen-bond acceptors (Lipinski definition) is 2. The molecular weight excluding hydrogens is 318 g/mol. The molecule has 0 atom stereocenters. The molecule has 3 nitrogen and oxygen atoms in total. The Labute approximate surface area is 127 Å². The Balaban J connectivity index is 2.26. The SMILES string of the molecule is Cc1ccc(N(CC(=O)O)Cc2ccccc2Br)cc1. The summed E-state index contributed by atoms with van der Waals surface area (Å²) in [5.74, 6) is -0.836. The van der Waals surface area contributed by atoms with Crippen LogP contribution in [0, 0.1) is 6.92 Å². The molecule has 4 heteroatoms. The third-order valence-corrected chi connectivity index (χ3v) is 3.82. The summed E-state index contributed by atoms with van der Waals surface area (Å²) >= 11 is 3.50. The van der Waals surface area contributed by atoms with Crippen molar-refractivity contribution in [2.75, 3.05) is 11.4 Å². The van der Waals surface area contributed by atoms with Gasteiger partial charge in [0.1, 0.15) is 6.54 Å². The highest BCUT2D eigenvalue weighted by atomic mass is 79.9. The minimum Gasteiger partial charge on any atom is -0.480 e. The lowest BCUT2D eigenvalue weighted by Crippen LogP contribution is -2.29. The second-order valence-corrected chi connectivity index (χ2v) is 5.53. The summed E-state index contributed by atoms with van der Waals surface area (Å²) in [7, 11) is 0. The fourth-order valence-corrected chi connectivity index (χ4v) is 2.40. The second-order valence-electron chi connectivity index (χ2n) is 4.68. The molecule has 0 aliphatic heterocycles. The second kappa shape index (κ2) is 6.57. The predicted octanol–water partition coefficient (Wildman–Crippen LogP) is 3.85. The monoisotopic (exact) mass is 333 g/mol. The molecule has 2 rings (SSSR count). The first kappa shape index (κ1) is 14.6. The number of nitrogens with zero attached hydrogens (tertiary/aromatic N) is 1. The van der Waals surface area contributed by atoms with Crippen LogP contribution in [0.3, 0.4) is 0 Å². The van der Waals surface area contributed by atoms with Gasteiger partial charge in [0.2, 0.25) is 0 Å².